The highest BCUT2D eigenvalue weighted by Gasteiger charge is 2.30. The summed E-state index contributed by atoms with van der Waals surface area (Å²) in [6, 6.07) is 5.13. The Morgan fingerprint density at radius 2 is 1.73 bits per heavy atom. The molecule has 168 valence electrons. The van der Waals surface area contributed by atoms with Gasteiger partial charge in [-0.3, -0.25) is 9.69 Å². The molecule has 1 heterocycles. The van der Waals surface area contributed by atoms with Crippen molar-refractivity contribution >= 4 is 12.0 Å². The van der Waals surface area contributed by atoms with Gasteiger partial charge in [0.05, 0.1) is 11.5 Å². The molecule has 6 nitrogen and oxygen atoms in total. The van der Waals surface area contributed by atoms with E-state index in [0.717, 1.165) is 37.1 Å². The summed E-state index contributed by atoms with van der Waals surface area (Å²) in [7, 11) is 0. The number of ether oxygens (including phenoxy) is 1. The van der Waals surface area contributed by atoms with E-state index >= 15 is 0 Å². The third-order valence-electron chi connectivity index (χ3n) is 4.66. The van der Waals surface area contributed by atoms with Crippen molar-refractivity contribution in [2.24, 2.45) is 5.92 Å². The first-order valence-corrected chi connectivity index (χ1v) is 10.1. The monoisotopic (exact) mass is 429 g/mol. The molecule has 9 heteroatoms. The number of rotatable bonds is 6. The SMILES string of the molecule is CC(C)(C)OC(=O)NCCNC(=O)C1CCCN(Cc2ccc(C(F)(F)F)cc2)C1. The maximum Gasteiger partial charge on any atom is 0.416 e. The summed E-state index contributed by atoms with van der Waals surface area (Å²) < 4.78 is 43.2. The van der Waals surface area contributed by atoms with Crippen molar-refractivity contribution in [3.05, 3.63) is 35.4 Å². The predicted octanol–water partition coefficient (Wildman–Crippen LogP) is 3.56. The zero-order valence-corrected chi connectivity index (χ0v) is 17.6. The highest BCUT2D eigenvalue weighted by molar-refractivity contribution is 5.79. The third kappa shape index (κ3) is 8.22. The van der Waals surface area contributed by atoms with Gasteiger partial charge in [0, 0.05) is 26.2 Å². The van der Waals surface area contributed by atoms with Crippen LogP contribution in [0, 0.1) is 5.92 Å². The molecule has 0 aliphatic carbocycles. The number of alkyl halides is 3. The summed E-state index contributed by atoms with van der Waals surface area (Å²) in [5.74, 6) is -0.271. The van der Waals surface area contributed by atoms with E-state index in [-0.39, 0.29) is 18.4 Å². The van der Waals surface area contributed by atoms with Gasteiger partial charge in [0.1, 0.15) is 5.60 Å². The highest BCUT2D eigenvalue weighted by atomic mass is 19.4. The van der Waals surface area contributed by atoms with Crippen LogP contribution < -0.4 is 10.6 Å². The summed E-state index contributed by atoms with van der Waals surface area (Å²) in [5.41, 5.74) is -0.459. The molecule has 2 N–H and O–H groups in total. The van der Waals surface area contributed by atoms with Crippen LogP contribution >= 0.6 is 0 Å². The molecule has 2 amide bonds. The first-order chi connectivity index (χ1) is 13.9. The fraction of sp³-hybridized carbons (Fsp3) is 0.619. The highest BCUT2D eigenvalue weighted by Crippen LogP contribution is 2.29. The van der Waals surface area contributed by atoms with E-state index in [4.69, 9.17) is 4.74 Å². The van der Waals surface area contributed by atoms with E-state index in [9.17, 15) is 22.8 Å². The fourth-order valence-corrected chi connectivity index (χ4v) is 3.28. The summed E-state index contributed by atoms with van der Waals surface area (Å²) in [6.45, 7) is 7.73. The van der Waals surface area contributed by atoms with Crippen LogP contribution in [0.2, 0.25) is 0 Å². The Bertz CT molecular complexity index is 715. The predicted molar refractivity (Wildman–Crippen MR) is 107 cm³/mol. The molecular weight excluding hydrogens is 399 g/mol. The normalized spacial score (nSPS) is 18.0. The van der Waals surface area contributed by atoms with Crippen LogP contribution in [0.5, 0.6) is 0 Å². The van der Waals surface area contributed by atoms with Gasteiger partial charge in [0.25, 0.3) is 0 Å². The lowest BCUT2D eigenvalue weighted by molar-refractivity contribution is -0.137. The Morgan fingerprint density at radius 3 is 2.33 bits per heavy atom. The van der Waals surface area contributed by atoms with E-state index in [0.29, 0.717) is 19.6 Å². The minimum atomic E-state index is -4.34. The zero-order valence-electron chi connectivity index (χ0n) is 17.6. The average molecular weight is 429 g/mol. The van der Waals surface area contributed by atoms with Crippen LogP contribution in [0.1, 0.15) is 44.7 Å². The second kappa shape index (κ2) is 10.1. The molecule has 30 heavy (non-hydrogen) atoms. The van der Waals surface area contributed by atoms with Crippen LogP contribution in [-0.4, -0.2) is 48.7 Å². The van der Waals surface area contributed by atoms with Gasteiger partial charge in [0.15, 0.2) is 0 Å². The van der Waals surface area contributed by atoms with Gasteiger partial charge in [-0.25, -0.2) is 4.79 Å². The quantitative estimate of drug-likeness (QED) is 0.679. The molecule has 1 unspecified atom stereocenters. The Balaban J connectivity index is 1.74. The number of nitrogens with zero attached hydrogens (tertiary/aromatic N) is 1. The van der Waals surface area contributed by atoms with Gasteiger partial charge >= 0.3 is 12.3 Å². The molecule has 1 aromatic rings. The number of carbonyl (C=O) groups excluding carboxylic acids is 2. The number of piperidine rings is 1. The molecule has 2 rings (SSSR count). The zero-order chi connectivity index (χ0) is 22.4. The number of nitrogens with one attached hydrogen (secondary N) is 2. The van der Waals surface area contributed by atoms with Crippen LogP contribution in [0.15, 0.2) is 24.3 Å². The summed E-state index contributed by atoms with van der Waals surface area (Å²) >= 11 is 0. The summed E-state index contributed by atoms with van der Waals surface area (Å²) in [4.78, 5) is 26.1. The number of alkyl carbamates (subject to hydrolysis) is 1. The largest absolute Gasteiger partial charge is 0.444 e. The van der Waals surface area contributed by atoms with Gasteiger partial charge in [-0.2, -0.15) is 13.2 Å². The number of hydrogen-bond acceptors (Lipinski definition) is 4. The number of benzene rings is 1. The first-order valence-electron chi connectivity index (χ1n) is 10.1. The molecule has 0 aromatic heterocycles. The average Bonchev–Trinajstić information content (AvgIpc) is 2.63. The van der Waals surface area contributed by atoms with Crippen molar-refractivity contribution in [3.8, 4) is 0 Å². The van der Waals surface area contributed by atoms with Crippen molar-refractivity contribution in [1.82, 2.24) is 15.5 Å². The van der Waals surface area contributed by atoms with E-state index in [1.165, 1.54) is 12.1 Å². The molecule has 1 fully saturated rings. The lowest BCUT2D eigenvalue weighted by atomic mass is 9.96. The Hall–Kier alpha value is -2.29. The summed E-state index contributed by atoms with van der Waals surface area (Å²) in [5, 5.41) is 5.41. The number of carbonyl (C=O) groups is 2. The van der Waals surface area contributed by atoms with E-state index in [2.05, 4.69) is 15.5 Å². The van der Waals surface area contributed by atoms with Crippen molar-refractivity contribution in [1.29, 1.82) is 0 Å². The van der Waals surface area contributed by atoms with Gasteiger partial charge in [-0.15, -0.1) is 0 Å². The lowest BCUT2D eigenvalue weighted by Gasteiger charge is -2.32. The molecular formula is C21H30F3N3O3. The molecule has 1 atom stereocenters. The topological polar surface area (TPSA) is 70.7 Å². The molecule has 1 aliphatic rings. The van der Waals surface area contributed by atoms with Crippen LogP contribution in [-0.2, 0) is 22.3 Å². The Labute approximate surface area is 175 Å². The van der Waals surface area contributed by atoms with Crippen molar-refractivity contribution in [3.63, 3.8) is 0 Å². The van der Waals surface area contributed by atoms with Gasteiger partial charge < -0.3 is 15.4 Å². The number of likely N-dealkylation sites (tertiary alicyclic amines) is 1. The minimum Gasteiger partial charge on any atom is -0.444 e. The molecule has 0 bridgehead atoms. The minimum absolute atomic E-state index is 0.0851. The Morgan fingerprint density at radius 1 is 1.10 bits per heavy atom. The molecule has 0 radical (unpaired) electrons. The van der Waals surface area contributed by atoms with Crippen LogP contribution in [0.3, 0.4) is 0 Å². The maximum absolute atomic E-state index is 12.7. The molecule has 0 saturated carbocycles. The second-order valence-corrected chi connectivity index (χ2v) is 8.49. The molecule has 1 aromatic carbocycles. The molecule has 1 saturated heterocycles. The third-order valence-corrected chi connectivity index (χ3v) is 4.66. The lowest BCUT2D eigenvalue weighted by Crippen LogP contribution is -2.44. The van der Waals surface area contributed by atoms with Crippen molar-refractivity contribution in [2.75, 3.05) is 26.2 Å². The maximum atomic E-state index is 12.7. The standard InChI is InChI=1S/C21H30F3N3O3/c1-20(2,3)30-19(29)26-11-10-25-18(28)16-5-4-12-27(14-16)13-15-6-8-17(9-7-15)21(22,23)24/h6-9,16H,4-5,10-14H2,1-3H3,(H,25,28)(H,26,29). The second-order valence-electron chi connectivity index (χ2n) is 8.49. The van der Waals surface area contributed by atoms with Gasteiger partial charge in [-0.05, 0) is 57.9 Å². The Kier molecular flexibility index (Phi) is 8.11. The number of hydrogen-bond donors (Lipinski definition) is 2. The van der Waals surface area contributed by atoms with Crippen molar-refractivity contribution in [2.45, 2.75) is 51.9 Å². The van der Waals surface area contributed by atoms with Crippen LogP contribution in [0.4, 0.5) is 18.0 Å². The first kappa shape index (κ1) is 24.0. The van der Waals surface area contributed by atoms with Crippen molar-refractivity contribution < 1.29 is 27.5 Å². The van der Waals surface area contributed by atoms with Gasteiger partial charge in [-0.1, -0.05) is 12.1 Å². The van der Waals surface area contributed by atoms with E-state index in [1.807, 2.05) is 0 Å². The smallest absolute Gasteiger partial charge is 0.416 e. The van der Waals surface area contributed by atoms with E-state index in [1.54, 1.807) is 20.8 Å². The van der Waals surface area contributed by atoms with E-state index < -0.39 is 23.4 Å². The number of halogens is 3. The number of amides is 2. The fourth-order valence-electron chi connectivity index (χ4n) is 3.28. The molecule has 1 aliphatic heterocycles. The van der Waals surface area contributed by atoms with Gasteiger partial charge in [0.2, 0.25) is 5.91 Å². The van der Waals surface area contributed by atoms with Crippen LogP contribution in [0.25, 0.3) is 0 Å². The molecule has 0 spiro atoms. The summed E-state index contributed by atoms with van der Waals surface area (Å²) in [6.07, 6.45) is -3.27.